The van der Waals surface area contributed by atoms with E-state index in [-0.39, 0.29) is 10.3 Å². The van der Waals surface area contributed by atoms with E-state index in [4.69, 9.17) is 0 Å². The van der Waals surface area contributed by atoms with Gasteiger partial charge in [0.2, 0.25) is 5.95 Å². The van der Waals surface area contributed by atoms with Crippen LogP contribution >= 0.6 is 0 Å². The standard InChI is InChI=1S/C34H41N5O2S/c1-34(2,3)30-14-11-27(12-15-30)17-20-39-21-18-28-22-32(16-13-29(28)25-39)42(40,41)38-31-23-36-33(37-24-31)35-19-7-10-26-8-5-4-6-9-26/h4-6,8-9,11-16,22-24,38H,7,10,17-21,25H2,1-3H3,(H,35,36,37). The van der Waals surface area contributed by atoms with Crippen LogP contribution in [0.2, 0.25) is 0 Å². The van der Waals surface area contributed by atoms with Gasteiger partial charge in [0.1, 0.15) is 0 Å². The average molecular weight is 584 g/mol. The van der Waals surface area contributed by atoms with Crippen LogP contribution in [0, 0.1) is 0 Å². The van der Waals surface area contributed by atoms with Gasteiger partial charge >= 0.3 is 0 Å². The predicted octanol–water partition coefficient (Wildman–Crippen LogP) is 6.22. The van der Waals surface area contributed by atoms with E-state index in [2.05, 4.69) is 82.1 Å². The fourth-order valence-electron chi connectivity index (χ4n) is 5.23. The zero-order valence-electron chi connectivity index (χ0n) is 24.8. The molecule has 220 valence electrons. The lowest BCUT2D eigenvalue weighted by atomic mass is 9.86. The maximum atomic E-state index is 13.1. The molecule has 0 fully saturated rings. The van der Waals surface area contributed by atoms with Crippen molar-refractivity contribution in [3.8, 4) is 0 Å². The minimum Gasteiger partial charge on any atom is -0.354 e. The molecule has 2 N–H and O–H groups in total. The van der Waals surface area contributed by atoms with E-state index in [9.17, 15) is 8.42 Å². The zero-order valence-corrected chi connectivity index (χ0v) is 25.6. The molecule has 2 heterocycles. The normalized spacial score (nSPS) is 13.9. The molecular weight excluding hydrogens is 542 g/mol. The van der Waals surface area contributed by atoms with Crippen molar-refractivity contribution in [3.63, 3.8) is 0 Å². The van der Waals surface area contributed by atoms with Crippen molar-refractivity contribution in [2.45, 2.75) is 63.3 Å². The minimum absolute atomic E-state index is 0.162. The molecule has 7 nitrogen and oxygen atoms in total. The van der Waals surface area contributed by atoms with Gasteiger partial charge < -0.3 is 5.32 Å². The van der Waals surface area contributed by atoms with Gasteiger partial charge in [0.15, 0.2) is 0 Å². The maximum Gasteiger partial charge on any atom is 0.262 e. The summed E-state index contributed by atoms with van der Waals surface area (Å²) in [5.41, 5.74) is 6.77. The topological polar surface area (TPSA) is 87.2 Å². The van der Waals surface area contributed by atoms with E-state index < -0.39 is 10.0 Å². The van der Waals surface area contributed by atoms with Gasteiger partial charge in [-0.15, -0.1) is 0 Å². The molecule has 3 aromatic carbocycles. The molecule has 42 heavy (non-hydrogen) atoms. The first kappa shape index (κ1) is 29.7. The lowest BCUT2D eigenvalue weighted by Crippen LogP contribution is -2.32. The van der Waals surface area contributed by atoms with Gasteiger partial charge in [-0.1, -0.05) is 81.4 Å². The molecule has 0 unspecified atom stereocenters. The number of rotatable bonds is 11. The van der Waals surface area contributed by atoms with E-state index in [1.54, 1.807) is 6.07 Å². The minimum atomic E-state index is -3.75. The number of hydrogen-bond donors (Lipinski definition) is 2. The lowest BCUT2D eigenvalue weighted by molar-refractivity contribution is 0.257. The molecule has 0 saturated carbocycles. The molecule has 0 amide bonds. The third-order valence-corrected chi connectivity index (χ3v) is 9.17. The molecule has 1 aromatic heterocycles. The van der Waals surface area contributed by atoms with Crippen molar-refractivity contribution in [1.82, 2.24) is 14.9 Å². The summed E-state index contributed by atoms with van der Waals surface area (Å²) >= 11 is 0. The second kappa shape index (κ2) is 13.0. The molecule has 0 saturated heterocycles. The highest BCUT2D eigenvalue weighted by atomic mass is 32.2. The highest BCUT2D eigenvalue weighted by Gasteiger charge is 2.21. The van der Waals surface area contributed by atoms with Crippen molar-refractivity contribution in [1.29, 1.82) is 0 Å². The molecule has 4 aromatic rings. The number of hydrogen-bond acceptors (Lipinski definition) is 6. The van der Waals surface area contributed by atoms with Crippen LogP contribution in [0.5, 0.6) is 0 Å². The Bertz CT molecular complexity index is 1570. The monoisotopic (exact) mass is 583 g/mol. The fraction of sp³-hybridized carbons (Fsp3) is 0.353. The third kappa shape index (κ3) is 7.95. The number of benzene rings is 3. The second-order valence-corrected chi connectivity index (χ2v) is 13.8. The van der Waals surface area contributed by atoms with Gasteiger partial charge in [-0.2, -0.15) is 0 Å². The van der Waals surface area contributed by atoms with Crippen molar-refractivity contribution >= 4 is 21.7 Å². The molecule has 5 rings (SSSR count). The lowest BCUT2D eigenvalue weighted by Gasteiger charge is -2.29. The number of sulfonamides is 1. The Labute approximate surface area is 250 Å². The van der Waals surface area contributed by atoms with Crippen LogP contribution < -0.4 is 10.0 Å². The predicted molar refractivity (Wildman–Crippen MR) is 170 cm³/mol. The number of nitrogens with zero attached hydrogens (tertiary/aromatic N) is 3. The Morgan fingerprint density at radius 1 is 0.857 bits per heavy atom. The highest BCUT2D eigenvalue weighted by molar-refractivity contribution is 7.92. The number of aryl methyl sites for hydroxylation is 1. The van der Waals surface area contributed by atoms with Crippen LogP contribution in [-0.2, 0) is 41.2 Å². The van der Waals surface area contributed by atoms with Crippen LogP contribution in [0.3, 0.4) is 0 Å². The molecule has 1 aliphatic heterocycles. The first-order valence-corrected chi connectivity index (χ1v) is 16.2. The van der Waals surface area contributed by atoms with Gasteiger partial charge in [0.25, 0.3) is 10.0 Å². The third-order valence-electron chi connectivity index (χ3n) is 7.79. The maximum absolute atomic E-state index is 13.1. The van der Waals surface area contributed by atoms with E-state index in [1.165, 1.54) is 34.6 Å². The molecule has 0 radical (unpaired) electrons. The first-order valence-electron chi connectivity index (χ1n) is 14.7. The summed E-state index contributed by atoms with van der Waals surface area (Å²) in [4.78, 5) is 11.3. The molecule has 0 spiro atoms. The fourth-order valence-corrected chi connectivity index (χ4v) is 6.31. The van der Waals surface area contributed by atoms with Gasteiger partial charge in [0.05, 0.1) is 23.0 Å². The number of anilines is 2. The Balaban J connectivity index is 1.11. The van der Waals surface area contributed by atoms with Crippen LogP contribution in [0.25, 0.3) is 0 Å². The van der Waals surface area contributed by atoms with E-state index in [0.717, 1.165) is 57.4 Å². The van der Waals surface area contributed by atoms with Gasteiger partial charge in [-0.05, 0) is 71.0 Å². The van der Waals surface area contributed by atoms with E-state index >= 15 is 0 Å². The van der Waals surface area contributed by atoms with Gasteiger partial charge in [-0.3, -0.25) is 9.62 Å². The highest BCUT2D eigenvalue weighted by Crippen LogP contribution is 2.25. The summed E-state index contributed by atoms with van der Waals surface area (Å²) in [7, 11) is -3.75. The summed E-state index contributed by atoms with van der Waals surface area (Å²) < 4.78 is 28.9. The van der Waals surface area contributed by atoms with Crippen LogP contribution in [0.1, 0.15) is 55.0 Å². The summed E-state index contributed by atoms with van der Waals surface area (Å²) in [6.07, 6.45) is 6.74. The van der Waals surface area contributed by atoms with Crippen LogP contribution in [0.4, 0.5) is 11.6 Å². The Kier molecular flexibility index (Phi) is 9.24. The molecule has 1 aliphatic rings. The number of aromatic nitrogens is 2. The Hall–Kier alpha value is -3.75. The molecular formula is C34H41N5O2S. The Morgan fingerprint density at radius 3 is 2.29 bits per heavy atom. The summed E-state index contributed by atoms with van der Waals surface area (Å²) in [6.45, 7) is 10.2. The number of nitrogens with one attached hydrogen (secondary N) is 2. The van der Waals surface area contributed by atoms with Gasteiger partial charge in [0, 0.05) is 26.2 Å². The van der Waals surface area contributed by atoms with Gasteiger partial charge in [-0.25, -0.2) is 18.4 Å². The van der Waals surface area contributed by atoms with Crippen molar-refractivity contribution in [2.24, 2.45) is 0 Å². The van der Waals surface area contributed by atoms with Crippen molar-refractivity contribution in [2.75, 3.05) is 29.7 Å². The summed E-state index contributed by atoms with van der Waals surface area (Å²) in [6, 6.07) is 24.7. The summed E-state index contributed by atoms with van der Waals surface area (Å²) in [5, 5.41) is 3.20. The zero-order chi connectivity index (χ0) is 29.6. The van der Waals surface area contributed by atoms with E-state index in [0.29, 0.717) is 11.6 Å². The number of fused-ring (bicyclic) bond motifs is 1. The van der Waals surface area contributed by atoms with Crippen molar-refractivity contribution in [3.05, 3.63) is 113 Å². The first-order chi connectivity index (χ1) is 20.2. The van der Waals surface area contributed by atoms with Crippen molar-refractivity contribution < 1.29 is 8.42 Å². The SMILES string of the molecule is CC(C)(C)c1ccc(CCN2CCc3cc(S(=O)(=O)Nc4cnc(NCCCc5ccccc5)nc4)ccc3C2)cc1. The average Bonchev–Trinajstić information content (AvgIpc) is 2.99. The molecule has 8 heteroatoms. The smallest absolute Gasteiger partial charge is 0.262 e. The molecule has 0 bridgehead atoms. The summed E-state index contributed by atoms with van der Waals surface area (Å²) in [5.74, 6) is 0.478. The quantitative estimate of drug-likeness (QED) is 0.204. The second-order valence-electron chi connectivity index (χ2n) is 12.1. The van der Waals surface area contributed by atoms with Crippen LogP contribution in [0.15, 0.2) is 90.1 Å². The largest absolute Gasteiger partial charge is 0.354 e. The molecule has 0 atom stereocenters. The molecule has 0 aliphatic carbocycles. The van der Waals surface area contributed by atoms with E-state index in [1.807, 2.05) is 30.3 Å². The Morgan fingerprint density at radius 2 is 1.57 bits per heavy atom. The van der Waals surface area contributed by atoms with Crippen LogP contribution in [-0.4, -0.2) is 42.9 Å².